The Balaban J connectivity index is 1.49. The molecule has 0 saturated carbocycles. The number of guanidine groups is 1. The number of nitrogens with one attached hydrogen (secondary N) is 1. The van der Waals surface area contributed by atoms with Crippen LogP contribution in [0.3, 0.4) is 0 Å². The molecule has 1 aromatic rings. The van der Waals surface area contributed by atoms with E-state index in [4.69, 9.17) is 4.74 Å². The van der Waals surface area contributed by atoms with Crippen molar-refractivity contribution < 1.29 is 18.3 Å². The first-order valence-corrected chi connectivity index (χ1v) is 9.80. The third kappa shape index (κ3) is 4.79. The zero-order valence-electron chi connectivity index (χ0n) is 16.5. The normalized spacial score (nSPS) is 21.7. The van der Waals surface area contributed by atoms with Gasteiger partial charge in [-0.2, -0.15) is 0 Å². The van der Waals surface area contributed by atoms with Crippen LogP contribution in [-0.4, -0.2) is 74.1 Å². The molecule has 2 aliphatic heterocycles. The lowest BCUT2D eigenvalue weighted by Crippen LogP contribution is -2.55. The van der Waals surface area contributed by atoms with Crippen molar-refractivity contribution in [2.75, 3.05) is 46.4 Å². The third-order valence-corrected chi connectivity index (χ3v) is 5.39. The van der Waals surface area contributed by atoms with Gasteiger partial charge in [0.15, 0.2) is 17.6 Å². The van der Waals surface area contributed by atoms with Gasteiger partial charge in [-0.25, -0.2) is 8.78 Å². The van der Waals surface area contributed by atoms with Crippen molar-refractivity contribution in [3.05, 3.63) is 35.4 Å². The van der Waals surface area contributed by atoms with Gasteiger partial charge in [0.05, 0.1) is 0 Å². The van der Waals surface area contributed by atoms with Gasteiger partial charge in [0.2, 0.25) is 0 Å². The van der Waals surface area contributed by atoms with E-state index < -0.39 is 11.6 Å². The monoisotopic (exact) mass is 394 g/mol. The number of piperazine rings is 1. The topological polar surface area (TPSA) is 57.2 Å². The minimum absolute atomic E-state index is 0.00534. The Hall–Kier alpha value is -2.22. The number of hydrogen-bond donors (Lipinski definition) is 1. The fourth-order valence-corrected chi connectivity index (χ4v) is 3.63. The predicted molar refractivity (Wildman–Crippen MR) is 103 cm³/mol. The second kappa shape index (κ2) is 9.32. The maximum absolute atomic E-state index is 13.4. The summed E-state index contributed by atoms with van der Waals surface area (Å²) in [6.07, 6.45) is 1.48. The Morgan fingerprint density at radius 2 is 1.96 bits per heavy atom. The molecule has 3 rings (SSSR count). The summed E-state index contributed by atoms with van der Waals surface area (Å²) in [6, 6.07) is 3.99. The molecule has 154 valence electrons. The number of ether oxygens (including phenoxy) is 1. The van der Waals surface area contributed by atoms with Gasteiger partial charge >= 0.3 is 0 Å². The summed E-state index contributed by atoms with van der Waals surface area (Å²) >= 11 is 0. The Bertz CT molecular complexity index is 714. The Labute approximate surface area is 164 Å². The zero-order chi connectivity index (χ0) is 20.1. The van der Waals surface area contributed by atoms with Gasteiger partial charge in [0.25, 0.3) is 5.91 Å². The van der Waals surface area contributed by atoms with Gasteiger partial charge in [-0.1, -0.05) is 13.0 Å². The smallest absolute Gasteiger partial charge is 0.251 e. The number of benzene rings is 1. The molecule has 1 N–H and O–H groups in total. The van der Waals surface area contributed by atoms with Crippen molar-refractivity contribution in [3.8, 4) is 0 Å². The molecule has 1 amide bonds. The first-order valence-electron chi connectivity index (χ1n) is 9.80. The second-order valence-corrected chi connectivity index (χ2v) is 7.32. The number of halogens is 2. The average molecular weight is 394 g/mol. The highest BCUT2D eigenvalue weighted by Gasteiger charge is 2.30. The van der Waals surface area contributed by atoms with Crippen molar-refractivity contribution in [2.45, 2.75) is 31.8 Å². The van der Waals surface area contributed by atoms with Gasteiger partial charge in [-0.3, -0.25) is 9.79 Å². The first kappa shape index (κ1) is 20.5. The Morgan fingerprint density at radius 3 is 2.57 bits per heavy atom. The van der Waals surface area contributed by atoms with E-state index in [0.717, 1.165) is 30.4 Å². The molecule has 0 aliphatic carbocycles. The largest absolute Gasteiger partial charge is 0.368 e. The van der Waals surface area contributed by atoms with Crippen LogP contribution in [0.15, 0.2) is 23.2 Å². The molecule has 1 aromatic carbocycles. The summed E-state index contributed by atoms with van der Waals surface area (Å²) in [5.41, 5.74) is 0.730. The lowest BCUT2D eigenvalue weighted by Gasteiger charge is -2.37. The van der Waals surface area contributed by atoms with Crippen LogP contribution in [0.1, 0.15) is 31.2 Å². The van der Waals surface area contributed by atoms with Crippen molar-refractivity contribution in [3.63, 3.8) is 0 Å². The quantitative estimate of drug-likeness (QED) is 0.627. The molecule has 0 spiro atoms. The fourth-order valence-electron chi connectivity index (χ4n) is 3.63. The minimum Gasteiger partial charge on any atom is -0.368 e. The molecule has 0 radical (unpaired) electrons. The molecular formula is C20H28F2N4O2. The van der Waals surface area contributed by atoms with E-state index in [1.807, 2.05) is 11.8 Å². The highest BCUT2D eigenvalue weighted by molar-refractivity contribution is 5.82. The Kier molecular flexibility index (Phi) is 6.83. The van der Waals surface area contributed by atoms with Gasteiger partial charge in [-0.05, 0) is 36.5 Å². The highest BCUT2D eigenvalue weighted by Crippen LogP contribution is 2.18. The van der Waals surface area contributed by atoms with E-state index in [1.54, 1.807) is 13.1 Å². The summed E-state index contributed by atoms with van der Waals surface area (Å²) in [7, 11) is 1.72. The van der Waals surface area contributed by atoms with Crippen molar-refractivity contribution in [1.29, 1.82) is 0 Å². The van der Waals surface area contributed by atoms with Crippen LogP contribution in [0.4, 0.5) is 8.78 Å². The Morgan fingerprint density at radius 1 is 1.25 bits per heavy atom. The second-order valence-electron chi connectivity index (χ2n) is 7.32. The number of amides is 1. The van der Waals surface area contributed by atoms with Crippen LogP contribution in [0.2, 0.25) is 0 Å². The zero-order valence-corrected chi connectivity index (χ0v) is 16.5. The average Bonchev–Trinajstić information content (AvgIpc) is 3.25. The summed E-state index contributed by atoms with van der Waals surface area (Å²) < 4.78 is 32.0. The van der Waals surface area contributed by atoms with Crippen LogP contribution in [0, 0.1) is 11.6 Å². The number of aliphatic imine (C=N–C) groups is 1. The number of carbonyl (C=O) groups excluding carboxylic acids is 1. The molecule has 2 unspecified atom stereocenters. The van der Waals surface area contributed by atoms with E-state index in [9.17, 15) is 13.6 Å². The summed E-state index contributed by atoms with van der Waals surface area (Å²) in [6.45, 7) is 5.83. The van der Waals surface area contributed by atoms with Gasteiger partial charge in [0.1, 0.15) is 6.10 Å². The third-order valence-electron chi connectivity index (χ3n) is 5.39. The van der Waals surface area contributed by atoms with E-state index in [1.165, 1.54) is 6.07 Å². The van der Waals surface area contributed by atoms with Gasteiger partial charge < -0.3 is 19.9 Å². The van der Waals surface area contributed by atoms with Crippen LogP contribution in [0.5, 0.6) is 0 Å². The van der Waals surface area contributed by atoms with Gasteiger partial charge in [0, 0.05) is 46.4 Å². The lowest BCUT2D eigenvalue weighted by atomic mass is 10.0. The fraction of sp³-hybridized carbons (Fsp3) is 0.600. The molecule has 28 heavy (non-hydrogen) atoms. The molecule has 2 saturated heterocycles. The summed E-state index contributed by atoms with van der Waals surface area (Å²) in [5.74, 6) is -0.837. The van der Waals surface area contributed by atoms with Crippen molar-refractivity contribution in [1.82, 2.24) is 15.1 Å². The summed E-state index contributed by atoms with van der Waals surface area (Å²) in [5, 5.41) is 3.30. The molecule has 6 nitrogen and oxygen atoms in total. The molecule has 0 bridgehead atoms. The minimum atomic E-state index is -0.838. The van der Waals surface area contributed by atoms with E-state index >= 15 is 0 Å². The molecule has 0 aromatic heterocycles. The summed E-state index contributed by atoms with van der Waals surface area (Å²) in [4.78, 5) is 20.7. The number of rotatable bonds is 4. The van der Waals surface area contributed by atoms with E-state index in [2.05, 4.69) is 15.2 Å². The molecule has 8 heteroatoms. The molecule has 2 heterocycles. The van der Waals surface area contributed by atoms with Crippen molar-refractivity contribution in [2.24, 2.45) is 4.99 Å². The van der Waals surface area contributed by atoms with Crippen LogP contribution in [-0.2, 0) is 9.53 Å². The van der Waals surface area contributed by atoms with Crippen LogP contribution in [0.25, 0.3) is 0 Å². The van der Waals surface area contributed by atoms with E-state index in [0.29, 0.717) is 39.3 Å². The molecule has 2 atom stereocenters. The number of nitrogens with zero attached hydrogens (tertiary/aromatic N) is 3. The number of hydrogen-bond acceptors (Lipinski definition) is 3. The maximum Gasteiger partial charge on any atom is 0.251 e. The molecule has 2 fully saturated rings. The first-order chi connectivity index (χ1) is 13.5. The molecular weight excluding hydrogens is 366 g/mol. The van der Waals surface area contributed by atoms with Crippen molar-refractivity contribution >= 4 is 11.9 Å². The standard InChI is InChI=1S/C20H28F2N4O2/c1-14(15-5-6-16(21)17(22)12-15)13-24-20(23-2)26-9-7-25(8-10-26)19(27)18-4-3-11-28-18/h5-6,12,14,18H,3-4,7-11,13H2,1-2H3,(H,23,24). The van der Waals surface area contributed by atoms with E-state index in [-0.39, 0.29) is 17.9 Å². The lowest BCUT2D eigenvalue weighted by molar-refractivity contribution is -0.142. The maximum atomic E-state index is 13.4. The predicted octanol–water partition coefficient (Wildman–Crippen LogP) is 1.97. The molecule has 2 aliphatic rings. The van der Waals surface area contributed by atoms with Crippen LogP contribution < -0.4 is 5.32 Å². The van der Waals surface area contributed by atoms with Crippen LogP contribution >= 0.6 is 0 Å². The van der Waals surface area contributed by atoms with Gasteiger partial charge in [-0.15, -0.1) is 0 Å². The SMILES string of the molecule is CN=C(NCC(C)c1ccc(F)c(F)c1)N1CCN(C(=O)C2CCCO2)CC1. The number of carbonyl (C=O) groups is 1. The highest BCUT2D eigenvalue weighted by atomic mass is 19.2.